The number of benzene rings is 10. The topological polar surface area (TPSA) is 264 Å². The fraction of sp³-hybridized carbons (Fsp3) is 0.270. The van der Waals surface area contributed by atoms with Gasteiger partial charge in [-0.2, -0.15) is 26.3 Å². The Morgan fingerprint density at radius 3 is 1.38 bits per heavy atom. The number of nitrogens with two attached hydrogens (primary N) is 2. The number of nitrogen functional groups attached to an aromatic ring is 2. The number of hydrogen-bond acceptors (Lipinski definition) is 18. The lowest BCUT2D eigenvalue weighted by molar-refractivity contribution is -0.139. The van der Waals surface area contributed by atoms with Gasteiger partial charge in [-0.1, -0.05) is 107 Å². The number of halogens is 7. The lowest BCUT2D eigenvalue weighted by Gasteiger charge is -2.52. The molecular weight excluding hydrogens is 1580 g/mol. The van der Waals surface area contributed by atoms with Crippen LogP contribution < -0.4 is 72.9 Å². The van der Waals surface area contributed by atoms with Gasteiger partial charge in [-0.05, 0) is 188 Å². The molecule has 0 bridgehead atoms. The van der Waals surface area contributed by atoms with E-state index < -0.39 is 40.5 Å². The van der Waals surface area contributed by atoms with Crippen molar-refractivity contribution in [2.45, 2.75) is 80.6 Å². The summed E-state index contributed by atoms with van der Waals surface area (Å²) in [5, 5.41) is 14.6. The number of likely N-dealkylation sites (tertiary alicyclic amines) is 2. The Morgan fingerprint density at radius 1 is 0.487 bits per heavy atom. The molecule has 2 amide bonds. The minimum atomic E-state index is -4.39. The SMILES string of the molecule is CN1CCC(=O)CC1.COc1ccc(N)cc1.COc1ccc(N2C(=O)c3ccccc3NC23CCN(Cc2ccccc2C(F)(F)F)CC3)cc1.COc1ccc(N2C(=O)c3ccccc3NC23CCNCC3)cc1.COc1ccc(NCc2ccccc2N)cc1.FC(F)(F)c1ccccc1CBr.O=c1[nH]c2ccccc2c(=O)o1. The number of rotatable bonds is 12. The molecule has 0 atom stereocenters. The van der Waals surface area contributed by atoms with Gasteiger partial charge >= 0.3 is 23.7 Å². The van der Waals surface area contributed by atoms with Crippen LogP contribution in [-0.2, 0) is 35.6 Å². The second-order valence-electron chi connectivity index (χ2n) is 27.8. The molecule has 21 nitrogen and oxygen atoms in total. The Hall–Kier alpha value is -12.1. The van der Waals surface area contributed by atoms with Gasteiger partial charge in [0.25, 0.3) is 11.8 Å². The zero-order valence-electron chi connectivity index (χ0n) is 65.4. The third-order valence-electron chi connectivity index (χ3n) is 20.1. The number of amides is 2. The molecule has 10 aromatic carbocycles. The lowest BCUT2D eigenvalue weighted by atomic mass is 9.89. The van der Waals surface area contributed by atoms with Gasteiger partial charge in [0.1, 0.15) is 40.1 Å². The Bertz CT molecular complexity index is 5190. The summed E-state index contributed by atoms with van der Waals surface area (Å²) in [5.41, 5.74) is 17.9. The molecule has 614 valence electrons. The average Bonchev–Trinajstić information content (AvgIpc) is 0.742. The average molecular weight is 1670 g/mol. The molecule has 5 aliphatic heterocycles. The number of Topliss-reactive ketones (excluding diaryl/α,β-unsaturated/α-hetero) is 1. The number of ether oxygens (including phenoxy) is 4. The van der Waals surface area contributed by atoms with Gasteiger partial charge in [-0.3, -0.25) is 34.1 Å². The zero-order valence-corrected chi connectivity index (χ0v) is 67.0. The second kappa shape index (κ2) is 40.9. The van der Waals surface area contributed by atoms with Crippen LogP contribution in [-0.4, -0.2) is 118 Å². The van der Waals surface area contributed by atoms with Crippen molar-refractivity contribution in [2.75, 3.05) is 112 Å². The van der Waals surface area contributed by atoms with E-state index in [1.807, 2.05) is 169 Å². The van der Waals surface area contributed by atoms with Crippen molar-refractivity contribution in [1.82, 2.24) is 20.1 Å². The van der Waals surface area contributed by atoms with E-state index in [-0.39, 0.29) is 40.5 Å². The molecular formula is C89H94BrF6N11O10. The van der Waals surface area contributed by atoms with Crippen LogP contribution in [0.25, 0.3) is 10.9 Å². The number of aromatic nitrogens is 1. The maximum absolute atomic E-state index is 13.7. The monoisotopic (exact) mass is 1670 g/mol. The molecule has 9 N–H and O–H groups in total. The maximum Gasteiger partial charge on any atom is 0.419 e. The van der Waals surface area contributed by atoms with E-state index in [0.717, 1.165) is 139 Å². The first kappa shape index (κ1) is 87.3. The first-order chi connectivity index (χ1) is 56.3. The Kier molecular flexibility index (Phi) is 30.5. The van der Waals surface area contributed by atoms with Crippen LogP contribution in [0, 0.1) is 0 Å². The van der Waals surface area contributed by atoms with Crippen molar-refractivity contribution < 1.29 is 64.1 Å². The molecule has 0 saturated carbocycles. The molecule has 0 radical (unpaired) electrons. The van der Waals surface area contributed by atoms with E-state index in [1.54, 1.807) is 87.9 Å². The number of methoxy groups -OCH3 is 4. The molecule has 28 heteroatoms. The van der Waals surface area contributed by atoms with Gasteiger partial charge in [0, 0.05) is 123 Å². The molecule has 6 heterocycles. The van der Waals surface area contributed by atoms with Crippen molar-refractivity contribution in [2.24, 2.45) is 0 Å². The second-order valence-corrected chi connectivity index (χ2v) is 28.4. The van der Waals surface area contributed by atoms with Crippen molar-refractivity contribution in [3.8, 4) is 23.0 Å². The highest BCUT2D eigenvalue weighted by Crippen LogP contribution is 2.44. The normalized spacial score (nSPS) is 15.2. The smallest absolute Gasteiger partial charge is 0.419 e. The molecule has 16 rings (SSSR count). The van der Waals surface area contributed by atoms with E-state index >= 15 is 0 Å². The zero-order chi connectivity index (χ0) is 83.7. The summed E-state index contributed by atoms with van der Waals surface area (Å²) in [6, 6.07) is 71.1. The van der Waals surface area contributed by atoms with Crippen molar-refractivity contribution in [1.29, 1.82) is 0 Å². The number of ketones is 1. The molecule has 117 heavy (non-hydrogen) atoms. The van der Waals surface area contributed by atoms with E-state index in [0.29, 0.717) is 53.9 Å². The van der Waals surface area contributed by atoms with Crippen LogP contribution in [0.15, 0.2) is 257 Å². The molecule has 0 unspecified atom stereocenters. The predicted octanol–water partition coefficient (Wildman–Crippen LogP) is 17.2. The summed E-state index contributed by atoms with van der Waals surface area (Å²) >= 11 is 3.00. The first-order valence-electron chi connectivity index (χ1n) is 37.7. The number of H-pyrrole nitrogens is 1. The number of anilines is 7. The first-order valence-corrected chi connectivity index (χ1v) is 38.8. The van der Waals surface area contributed by atoms with Gasteiger partial charge in [0.05, 0.1) is 61.6 Å². The van der Waals surface area contributed by atoms with Gasteiger partial charge in [0.2, 0.25) is 0 Å². The third-order valence-corrected chi connectivity index (χ3v) is 20.7. The van der Waals surface area contributed by atoms with E-state index in [4.69, 9.17) is 30.4 Å². The van der Waals surface area contributed by atoms with Crippen molar-refractivity contribution >= 4 is 84.2 Å². The van der Waals surface area contributed by atoms with Crippen LogP contribution >= 0.6 is 15.9 Å². The number of para-hydroxylation sites is 4. The summed E-state index contributed by atoms with van der Waals surface area (Å²) in [7, 11) is 8.57. The van der Waals surface area contributed by atoms with Crippen LogP contribution in [0.3, 0.4) is 0 Å². The van der Waals surface area contributed by atoms with Crippen molar-refractivity contribution in [3.05, 3.63) is 303 Å². The number of alkyl halides is 7. The highest BCUT2D eigenvalue weighted by molar-refractivity contribution is 9.08. The largest absolute Gasteiger partial charge is 0.497 e. The number of fused-ring (bicyclic) bond motifs is 3. The van der Waals surface area contributed by atoms with Gasteiger partial charge in [0.15, 0.2) is 0 Å². The summed E-state index contributed by atoms with van der Waals surface area (Å²) in [4.78, 5) is 69.6. The number of nitrogens with one attached hydrogen (secondary N) is 5. The number of carbonyl (C=O) groups excluding carboxylic acids is 3. The number of piperidine rings is 3. The summed E-state index contributed by atoms with van der Waals surface area (Å²) in [6.45, 7) is 5.70. The minimum absolute atomic E-state index is 0.0522. The Balaban J connectivity index is 0.000000154. The number of aromatic amines is 1. The molecule has 1 aromatic heterocycles. The van der Waals surface area contributed by atoms with Crippen LogP contribution in [0.1, 0.15) is 87.1 Å². The van der Waals surface area contributed by atoms with Gasteiger partial charge in [-0.15, -0.1) is 0 Å². The van der Waals surface area contributed by atoms with Crippen LogP contribution in [0.5, 0.6) is 23.0 Å². The number of nitrogens with zero attached hydrogens (tertiary/aromatic N) is 4. The number of hydrogen-bond donors (Lipinski definition) is 7. The van der Waals surface area contributed by atoms with E-state index in [9.17, 15) is 50.3 Å². The van der Waals surface area contributed by atoms with E-state index in [1.165, 1.54) is 24.3 Å². The third kappa shape index (κ3) is 23.4. The summed E-state index contributed by atoms with van der Waals surface area (Å²) in [6.07, 6.45) is -4.27. The minimum Gasteiger partial charge on any atom is -0.497 e. The van der Waals surface area contributed by atoms with Gasteiger partial charge < -0.3 is 61.0 Å². The molecule has 11 aromatic rings. The summed E-state index contributed by atoms with van der Waals surface area (Å²) < 4.78 is 102. The Morgan fingerprint density at radius 2 is 0.906 bits per heavy atom. The standard InChI is InChI=1S/C27H26F3N3O2.C19H21N3O2.C14H16N2O.C8H6BrF3.C8H5NO3.C7H9NO.C6H11NO/c1-35-21-12-10-20(11-13-21)33-25(34)22-7-3-5-9-24(22)31-26(33)14-16-32(17-15-26)18-19-6-2-4-8-23(19)27(28,29)30;1-24-15-8-6-14(7-9-15)22-18(23)16-4-2-3-5-17(16)21-19(22)10-12-20-13-11-19;1-17-13-8-6-12(7-9-13)16-10-11-4-2-3-5-14(11)15;9-5-6-3-1-2-4-7(6)8(10,11)12;10-7-5-3-1-2-4-6(5)9-8(11)12-7;1-9-7-4-2-6(8)3-5-7;1-7-4-2-6(8)3-5-7/h2-13,31H,14-18H2,1H3;2-9,20-21H,10-13H2,1H3;2-9,16H,10,15H2,1H3;1-4H,5H2;1-4H,(H,9,11);2-5H,8H2,1H3;2-5H2,1H3. The highest BCUT2D eigenvalue weighted by atomic mass is 79.9. The molecule has 5 aliphatic rings. The lowest BCUT2D eigenvalue weighted by Crippen LogP contribution is -2.64. The predicted molar refractivity (Wildman–Crippen MR) is 451 cm³/mol. The molecule has 3 saturated heterocycles. The molecule has 0 aliphatic carbocycles. The highest BCUT2D eigenvalue weighted by Gasteiger charge is 2.49. The van der Waals surface area contributed by atoms with E-state index in [2.05, 4.69) is 51.5 Å². The van der Waals surface area contributed by atoms with Crippen LogP contribution in [0.4, 0.5) is 66.2 Å². The van der Waals surface area contributed by atoms with Crippen molar-refractivity contribution in [3.63, 3.8) is 0 Å². The number of carbonyl (C=O) groups is 3. The fourth-order valence-electron chi connectivity index (χ4n) is 13.8. The summed E-state index contributed by atoms with van der Waals surface area (Å²) in [5.74, 6) is 2.83. The maximum atomic E-state index is 13.7. The quantitative estimate of drug-likeness (QED) is 0.0340. The molecule has 3 fully saturated rings. The van der Waals surface area contributed by atoms with Crippen LogP contribution in [0.2, 0.25) is 0 Å². The fourth-order valence-corrected chi connectivity index (χ4v) is 14.3. The van der Waals surface area contributed by atoms with Gasteiger partial charge in [-0.25, -0.2) is 9.59 Å². The molecule has 2 spiro atoms. The Labute approximate surface area is 683 Å².